The number of hydrogen-bond donors (Lipinski definition) is 1. The molecule has 26 valence electrons. The van der Waals surface area contributed by atoms with Gasteiger partial charge in [-0.05, 0) is 0 Å². The fourth-order valence-electron chi connectivity index (χ4n) is 0. The number of rotatable bonds is 0. The van der Waals surface area contributed by atoms with Gasteiger partial charge < -0.3 is 14.7 Å². The van der Waals surface area contributed by atoms with Gasteiger partial charge in [0.25, 0.3) is 0 Å². The third-order valence-electron chi connectivity index (χ3n) is 0. The Labute approximate surface area is 74.9 Å². The summed E-state index contributed by atoms with van der Waals surface area (Å²) >= 11 is 0. The third kappa shape index (κ3) is 24.4. The summed E-state index contributed by atoms with van der Waals surface area (Å²) in [4.78, 5) is 24.2. The smallest absolute Gasteiger partial charge is 0.820 e. The molecule has 0 aliphatic carbocycles. The Hall–Kier alpha value is 1.95. The first-order valence-corrected chi connectivity index (χ1v) is 1.70. The van der Waals surface area contributed by atoms with Crippen LogP contribution in [0.5, 0.6) is 0 Å². The molecule has 0 amide bonds. The van der Waals surface area contributed by atoms with Crippen molar-refractivity contribution in [2.75, 3.05) is 0 Å². The molecular formula is H2KO3P. The summed E-state index contributed by atoms with van der Waals surface area (Å²) in [7, 11) is -3.12. The Kier molecular flexibility index (Phi) is 11.9. The maximum atomic E-state index is 8.59. The van der Waals surface area contributed by atoms with Crippen LogP contribution in [0.3, 0.4) is 0 Å². The molecule has 0 fully saturated rings. The first kappa shape index (κ1) is 10.0. The summed E-state index contributed by atoms with van der Waals surface area (Å²) in [5.41, 5.74) is 0. The standard InChI is InChI=1S/K.HO3P/c;1-4(2)3/h;1H/q+1;-2/p+1. The van der Waals surface area contributed by atoms with Crippen molar-refractivity contribution in [2.24, 2.45) is 0 Å². The summed E-state index contributed by atoms with van der Waals surface area (Å²) in [5, 5.41) is 0. The molecule has 1 N–H and O–H groups in total. The second-order valence-electron chi connectivity index (χ2n) is 0.238. The van der Waals surface area contributed by atoms with E-state index in [2.05, 4.69) is 0 Å². The summed E-state index contributed by atoms with van der Waals surface area (Å²) in [5.74, 6) is 0. The van der Waals surface area contributed by atoms with Crippen LogP contribution >= 0.6 is 8.60 Å². The predicted molar refractivity (Wildman–Crippen MR) is 10.3 cm³/mol. The molecule has 0 saturated carbocycles. The van der Waals surface area contributed by atoms with Gasteiger partial charge in [0.2, 0.25) is 0 Å². The minimum absolute atomic E-state index is 0. The van der Waals surface area contributed by atoms with Crippen molar-refractivity contribution in [3.05, 3.63) is 0 Å². The molecule has 0 bridgehead atoms. The maximum Gasteiger partial charge on any atom is 1.00 e. The van der Waals surface area contributed by atoms with Crippen molar-refractivity contribution in [1.29, 1.82) is 0 Å². The van der Waals surface area contributed by atoms with E-state index in [1.165, 1.54) is 0 Å². The molecule has 5 heteroatoms. The Balaban J connectivity index is -0.0000000450. The SMILES string of the molecule is [H+].[K+].[O-]P([O-])O. The summed E-state index contributed by atoms with van der Waals surface area (Å²) in [6.45, 7) is 0. The normalized spacial score (nSPS) is 7.20. The Bertz CT molecular complexity index is 15.5. The first-order chi connectivity index (χ1) is 1.73. The van der Waals surface area contributed by atoms with Crippen molar-refractivity contribution >= 4 is 8.60 Å². The molecule has 0 spiro atoms. The van der Waals surface area contributed by atoms with Gasteiger partial charge in [-0.25, -0.2) is 0 Å². The van der Waals surface area contributed by atoms with Crippen LogP contribution in [0.15, 0.2) is 0 Å². The minimum Gasteiger partial charge on any atom is -0.820 e. The molecule has 0 aromatic heterocycles. The molecule has 0 unspecified atom stereocenters. The van der Waals surface area contributed by atoms with Crippen LogP contribution < -0.4 is 61.2 Å². The van der Waals surface area contributed by atoms with E-state index in [9.17, 15) is 0 Å². The zero-order valence-electron chi connectivity index (χ0n) is 3.71. The second kappa shape index (κ2) is 5.95. The molecule has 0 rings (SSSR count). The van der Waals surface area contributed by atoms with Crippen LogP contribution in [0.25, 0.3) is 0 Å². The molecule has 0 aliphatic rings. The van der Waals surface area contributed by atoms with Crippen LogP contribution in [0.1, 0.15) is 1.43 Å². The first-order valence-electron chi connectivity index (χ1n) is 0.565. The molecule has 0 saturated heterocycles. The van der Waals surface area contributed by atoms with E-state index in [0.29, 0.717) is 0 Å². The molecule has 5 heavy (non-hydrogen) atoms. The molecule has 0 heterocycles. The van der Waals surface area contributed by atoms with E-state index >= 15 is 0 Å². The summed E-state index contributed by atoms with van der Waals surface area (Å²) in [6.07, 6.45) is 0. The van der Waals surface area contributed by atoms with Gasteiger partial charge >= 0.3 is 52.8 Å². The van der Waals surface area contributed by atoms with E-state index in [1.807, 2.05) is 0 Å². The predicted octanol–water partition coefficient (Wildman–Crippen LogP) is -4.96. The Morgan fingerprint density at radius 3 is 1.60 bits per heavy atom. The molecule has 0 aliphatic heterocycles. The van der Waals surface area contributed by atoms with Crippen LogP contribution in [0.2, 0.25) is 0 Å². The molecular weight excluding hydrogens is 118 g/mol. The van der Waals surface area contributed by atoms with Gasteiger partial charge in [-0.1, -0.05) is 0 Å². The van der Waals surface area contributed by atoms with Gasteiger partial charge in [0.15, 0.2) is 0 Å². The topological polar surface area (TPSA) is 66.3 Å². The molecule has 0 aromatic carbocycles. The molecule has 0 aromatic rings. The van der Waals surface area contributed by atoms with Gasteiger partial charge in [-0.3, -0.25) is 0 Å². The van der Waals surface area contributed by atoms with Gasteiger partial charge in [-0.15, -0.1) is 0 Å². The van der Waals surface area contributed by atoms with E-state index in [-0.39, 0.29) is 52.8 Å². The van der Waals surface area contributed by atoms with Crippen molar-refractivity contribution < 1.29 is 67.5 Å². The average molecular weight is 120 g/mol. The monoisotopic (exact) mass is 120 g/mol. The molecule has 3 nitrogen and oxygen atoms in total. The Morgan fingerprint density at radius 1 is 1.60 bits per heavy atom. The van der Waals surface area contributed by atoms with Crippen molar-refractivity contribution in [1.82, 2.24) is 0 Å². The largest absolute Gasteiger partial charge is 1.00 e. The average Bonchev–Trinajstić information content (AvgIpc) is 0.811. The minimum atomic E-state index is -3.12. The van der Waals surface area contributed by atoms with E-state index in [0.717, 1.165) is 0 Å². The number of hydrogen-bond acceptors (Lipinski definition) is 3. The fourth-order valence-corrected chi connectivity index (χ4v) is 0. The van der Waals surface area contributed by atoms with Gasteiger partial charge in [0.1, 0.15) is 0 Å². The van der Waals surface area contributed by atoms with Crippen molar-refractivity contribution in [3.8, 4) is 0 Å². The second-order valence-corrected chi connectivity index (χ2v) is 0.714. The third-order valence-corrected chi connectivity index (χ3v) is 0. The van der Waals surface area contributed by atoms with E-state index in [4.69, 9.17) is 14.7 Å². The molecule has 0 atom stereocenters. The van der Waals surface area contributed by atoms with Crippen LogP contribution in [-0.2, 0) is 0 Å². The van der Waals surface area contributed by atoms with Crippen molar-refractivity contribution in [2.45, 2.75) is 0 Å². The fraction of sp³-hybridized carbons (Fsp3) is 0. The zero-order chi connectivity index (χ0) is 3.58. The maximum absolute atomic E-state index is 8.59. The van der Waals surface area contributed by atoms with Crippen molar-refractivity contribution in [3.63, 3.8) is 0 Å². The summed E-state index contributed by atoms with van der Waals surface area (Å²) in [6, 6.07) is 0. The van der Waals surface area contributed by atoms with E-state index in [1.54, 1.807) is 0 Å². The van der Waals surface area contributed by atoms with Gasteiger partial charge in [0, 0.05) is 0 Å². The zero-order valence-corrected chi connectivity index (χ0v) is 6.73. The molecule has 0 radical (unpaired) electrons. The van der Waals surface area contributed by atoms with Crippen LogP contribution in [0.4, 0.5) is 0 Å². The quantitative estimate of drug-likeness (QED) is 0.257. The van der Waals surface area contributed by atoms with Gasteiger partial charge in [-0.2, -0.15) is 8.60 Å². The van der Waals surface area contributed by atoms with Crippen LogP contribution in [0, 0.1) is 0 Å². The van der Waals surface area contributed by atoms with E-state index < -0.39 is 8.60 Å². The Morgan fingerprint density at radius 2 is 1.60 bits per heavy atom. The summed E-state index contributed by atoms with van der Waals surface area (Å²) < 4.78 is 0. The van der Waals surface area contributed by atoms with Gasteiger partial charge in [0.05, 0.1) is 0 Å². The van der Waals surface area contributed by atoms with Crippen LogP contribution in [-0.4, -0.2) is 4.89 Å².